The van der Waals surface area contributed by atoms with Crippen molar-refractivity contribution in [1.29, 1.82) is 0 Å². The summed E-state index contributed by atoms with van der Waals surface area (Å²) in [6.45, 7) is -0.417. The first-order valence-electron chi connectivity index (χ1n) is 7.49. The Morgan fingerprint density at radius 3 is 2.42 bits per heavy atom. The average Bonchev–Trinajstić information content (AvgIpc) is 2.86. The molecular weight excluding hydrogens is 379 g/mol. The number of halogens is 2. The van der Waals surface area contributed by atoms with Gasteiger partial charge < -0.3 is 5.32 Å². The van der Waals surface area contributed by atoms with Crippen LogP contribution in [0.3, 0.4) is 0 Å². The van der Waals surface area contributed by atoms with Gasteiger partial charge in [0.05, 0.1) is 4.91 Å². The number of amides is 3. The third-order valence-corrected chi connectivity index (χ3v) is 4.63. The Morgan fingerprint density at radius 2 is 1.77 bits per heavy atom. The van der Waals surface area contributed by atoms with Crippen molar-refractivity contribution >= 4 is 52.2 Å². The van der Waals surface area contributed by atoms with Gasteiger partial charge in [-0.3, -0.25) is 19.3 Å². The van der Waals surface area contributed by atoms with Gasteiger partial charge in [-0.15, -0.1) is 0 Å². The van der Waals surface area contributed by atoms with Crippen LogP contribution in [0.25, 0.3) is 6.08 Å². The average molecular weight is 391 g/mol. The zero-order valence-corrected chi connectivity index (χ0v) is 14.8. The lowest BCUT2D eigenvalue weighted by atomic mass is 10.2. The lowest BCUT2D eigenvalue weighted by Gasteiger charge is -2.12. The Balaban J connectivity index is 1.67. The fraction of sp³-hybridized carbons (Fsp3) is 0.0556. The van der Waals surface area contributed by atoms with Crippen LogP contribution in [0.5, 0.6) is 0 Å². The highest BCUT2D eigenvalue weighted by molar-refractivity contribution is 8.18. The molecule has 8 heteroatoms. The van der Waals surface area contributed by atoms with Gasteiger partial charge >= 0.3 is 0 Å². The van der Waals surface area contributed by atoms with Crippen molar-refractivity contribution in [3.05, 3.63) is 69.8 Å². The number of thioether (sulfide) groups is 1. The first-order chi connectivity index (χ1) is 12.4. The quantitative estimate of drug-likeness (QED) is 0.796. The summed E-state index contributed by atoms with van der Waals surface area (Å²) in [6.07, 6.45) is 1.57. The van der Waals surface area contributed by atoms with Crippen molar-refractivity contribution in [3.63, 3.8) is 0 Å². The van der Waals surface area contributed by atoms with Gasteiger partial charge in [0.1, 0.15) is 12.4 Å². The van der Waals surface area contributed by atoms with E-state index in [9.17, 15) is 18.8 Å². The lowest BCUT2D eigenvalue weighted by molar-refractivity contribution is -0.127. The number of anilines is 1. The van der Waals surface area contributed by atoms with E-state index in [1.54, 1.807) is 30.3 Å². The second-order valence-electron chi connectivity index (χ2n) is 5.37. The molecule has 0 aromatic heterocycles. The fourth-order valence-electron chi connectivity index (χ4n) is 2.22. The topological polar surface area (TPSA) is 66.5 Å². The van der Waals surface area contributed by atoms with Crippen LogP contribution in [-0.4, -0.2) is 28.5 Å². The number of rotatable bonds is 4. The summed E-state index contributed by atoms with van der Waals surface area (Å²) in [4.78, 5) is 37.6. The molecule has 1 aliphatic rings. The molecule has 0 unspecified atom stereocenters. The predicted molar refractivity (Wildman–Crippen MR) is 99.2 cm³/mol. The molecule has 1 heterocycles. The van der Waals surface area contributed by atoms with Crippen LogP contribution in [0.15, 0.2) is 53.4 Å². The second-order valence-corrected chi connectivity index (χ2v) is 6.80. The third-order valence-electron chi connectivity index (χ3n) is 3.47. The number of carbonyl (C=O) groups excluding carboxylic acids is 3. The van der Waals surface area contributed by atoms with Gasteiger partial charge in [0.25, 0.3) is 11.1 Å². The van der Waals surface area contributed by atoms with Gasteiger partial charge in [0.2, 0.25) is 5.91 Å². The summed E-state index contributed by atoms with van der Waals surface area (Å²) in [5.41, 5.74) is 1.09. The Morgan fingerprint density at radius 1 is 1.12 bits per heavy atom. The molecular formula is C18H12ClFN2O3S. The highest BCUT2D eigenvalue weighted by atomic mass is 35.5. The summed E-state index contributed by atoms with van der Waals surface area (Å²) in [5, 5.41) is 2.55. The number of carbonyl (C=O) groups is 3. The van der Waals surface area contributed by atoms with Crippen molar-refractivity contribution in [2.45, 2.75) is 0 Å². The van der Waals surface area contributed by atoms with E-state index in [1.807, 2.05) is 0 Å². The standard InChI is InChI=1S/C18H12ClFN2O3S/c19-12-3-1-11(2-4-12)9-15-17(24)22(18(25)26-15)10-16(23)21-14-7-5-13(20)6-8-14/h1-9H,10H2,(H,21,23)/b15-9-. The highest BCUT2D eigenvalue weighted by Crippen LogP contribution is 2.32. The monoisotopic (exact) mass is 390 g/mol. The molecule has 1 N–H and O–H groups in total. The molecule has 5 nitrogen and oxygen atoms in total. The maximum Gasteiger partial charge on any atom is 0.294 e. The van der Waals surface area contributed by atoms with Crippen molar-refractivity contribution in [2.75, 3.05) is 11.9 Å². The second kappa shape index (κ2) is 7.72. The SMILES string of the molecule is O=C(CN1C(=O)S/C(=C\c2ccc(Cl)cc2)C1=O)Nc1ccc(F)cc1. The van der Waals surface area contributed by atoms with E-state index in [1.165, 1.54) is 24.3 Å². The molecule has 26 heavy (non-hydrogen) atoms. The first kappa shape index (κ1) is 18.2. The van der Waals surface area contributed by atoms with E-state index >= 15 is 0 Å². The lowest BCUT2D eigenvalue weighted by Crippen LogP contribution is -2.36. The maximum atomic E-state index is 12.9. The third kappa shape index (κ3) is 4.30. The zero-order valence-electron chi connectivity index (χ0n) is 13.2. The minimum Gasteiger partial charge on any atom is -0.325 e. The van der Waals surface area contributed by atoms with Gasteiger partial charge in [-0.05, 0) is 59.8 Å². The summed E-state index contributed by atoms with van der Waals surface area (Å²) in [5.74, 6) is -1.52. The molecule has 132 valence electrons. The smallest absolute Gasteiger partial charge is 0.294 e. The molecule has 1 fully saturated rings. The van der Waals surface area contributed by atoms with E-state index < -0.39 is 29.4 Å². The molecule has 0 aliphatic carbocycles. The number of hydrogen-bond donors (Lipinski definition) is 1. The number of nitrogens with one attached hydrogen (secondary N) is 1. The van der Waals surface area contributed by atoms with E-state index in [-0.39, 0.29) is 4.91 Å². The van der Waals surface area contributed by atoms with Gasteiger partial charge in [-0.25, -0.2) is 4.39 Å². The fourth-order valence-corrected chi connectivity index (χ4v) is 3.19. The number of hydrogen-bond acceptors (Lipinski definition) is 4. The predicted octanol–water partition coefficient (Wildman–Crippen LogP) is 4.15. The summed E-state index contributed by atoms with van der Waals surface area (Å²) in [6, 6.07) is 12.0. The summed E-state index contributed by atoms with van der Waals surface area (Å²) >= 11 is 6.58. The Hall–Kier alpha value is -2.64. The number of benzene rings is 2. The molecule has 3 rings (SSSR count). The van der Waals surface area contributed by atoms with Gasteiger partial charge in [-0.1, -0.05) is 23.7 Å². The Bertz CT molecular complexity index is 898. The van der Waals surface area contributed by atoms with Gasteiger partial charge in [0, 0.05) is 10.7 Å². The Kier molecular flexibility index (Phi) is 5.39. The molecule has 2 aromatic carbocycles. The molecule has 3 amide bonds. The highest BCUT2D eigenvalue weighted by Gasteiger charge is 2.36. The normalized spacial score (nSPS) is 15.6. The van der Waals surface area contributed by atoms with Crippen molar-refractivity contribution in [3.8, 4) is 0 Å². The van der Waals surface area contributed by atoms with Crippen LogP contribution < -0.4 is 5.32 Å². The maximum absolute atomic E-state index is 12.9. The minimum absolute atomic E-state index is 0.229. The van der Waals surface area contributed by atoms with E-state index in [2.05, 4.69) is 5.32 Å². The van der Waals surface area contributed by atoms with Gasteiger partial charge in [-0.2, -0.15) is 0 Å². The molecule has 0 spiro atoms. The van der Waals surface area contributed by atoms with Crippen LogP contribution in [0.1, 0.15) is 5.56 Å². The van der Waals surface area contributed by atoms with Gasteiger partial charge in [0.15, 0.2) is 0 Å². The molecule has 0 saturated carbocycles. The van der Waals surface area contributed by atoms with Crippen LogP contribution >= 0.6 is 23.4 Å². The van der Waals surface area contributed by atoms with Crippen LogP contribution in [0.4, 0.5) is 14.9 Å². The number of nitrogens with zero attached hydrogens (tertiary/aromatic N) is 1. The Labute approximate surface area is 157 Å². The van der Waals surface area contributed by atoms with Crippen LogP contribution in [0, 0.1) is 5.82 Å². The van der Waals surface area contributed by atoms with E-state index in [0.717, 1.165) is 22.2 Å². The van der Waals surface area contributed by atoms with Crippen LogP contribution in [0.2, 0.25) is 5.02 Å². The minimum atomic E-state index is -0.549. The molecule has 1 aliphatic heterocycles. The van der Waals surface area contributed by atoms with E-state index in [4.69, 9.17) is 11.6 Å². The number of imide groups is 1. The van der Waals surface area contributed by atoms with E-state index in [0.29, 0.717) is 10.7 Å². The molecule has 2 aromatic rings. The van der Waals surface area contributed by atoms with Crippen molar-refractivity contribution in [1.82, 2.24) is 4.90 Å². The van der Waals surface area contributed by atoms with Crippen molar-refractivity contribution < 1.29 is 18.8 Å². The van der Waals surface area contributed by atoms with Crippen LogP contribution in [-0.2, 0) is 9.59 Å². The molecule has 0 atom stereocenters. The molecule has 0 radical (unpaired) electrons. The zero-order chi connectivity index (χ0) is 18.7. The largest absolute Gasteiger partial charge is 0.325 e. The first-order valence-corrected chi connectivity index (χ1v) is 8.68. The van der Waals surface area contributed by atoms with Crippen molar-refractivity contribution in [2.24, 2.45) is 0 Å². The summed E-state index contributed by atoms with van der Waals surface area (Å²) in [7, 11) is 0. The molecule has 1 saturated heterocycles. The summed E-state index contributed by atoms with van der Waals surface area (Å²) < 4.78 is 12.9. The molecule has 0 bridgehead atoms.